The van der Waals surface area contributed by atoms with Crippen molar-refractivity contribution in [3.8, 4) is 5.88 Å². The number of hydrogen-bond acceptors (Lipinski definition) is 6. The molecule has 0 aliphatic heterocycles. The monoisotopic (exact) mass is 288 g/mol. The van der Waals surface area contributed by atoms with Crippen molar-refractivity contribution in [3.05, 3.63) is 12.1 Å². The summed E-state index contributed by atoms with van der Waals surface area (Å²) in [6.45, 7) is 4.22. The maximum atomic E-state index is 10.8. The third kappa shape index (κ3) is 6.25. The molecule has 0 aromatic carbocycles. The fourth-order valence-electron chi connectivity index (χ4n) is 1.36. The van der Waals surface area contributed by atoms with E-state index in [1.54, 1.807) is 12.1 Å². The average molecular weight is 288 g/mol. The fraction of sp³-hybridized carbons (Fsp3) is 0.545. The Morgan fingerprint density at radius 2 is 2.11 bits per heavy atom. The van der Waals surface area contributed by atoms with Gasteiger partial charge in [-0.05, 0) is 32.4 Å². The molecule has 0 saturated carbocycles. The number of sulfonamides is 1. The quantitative estimate of drug-likeness (QED) is 0.630. The lowest BCUT2D eigenvalue weighted by atomic mass is 10.3. The Labute approximate surface area is 113 Å². The first-order valence-electron chi connectivity index (χ1n) is 5.95. The van der Waals surface area contributed by atoms with E-state index in [1.807, 2.05) is 13.8 Å². The van der Waals surface area contributed by atoms with Crippen molar-refractivity contribution < 1.29 is 13.2 Å². The molecule has 0 spiro atoms. The number of primary sulfonamides is 1. The van der Waals surface area contributed by atoms with E-state index in [1.165, 1.54) is 0 Å². The lowest BCUT2D eigenvalue weighted by molar-refractivity contribution is 0.234. The van der Waals surface area contributed by atoms with Gasteiger partial charge in [-0.2, -0.15) is 4.98 Å². The van der Waals surface area contributed by atoms with Crippen LogP contribution in [0.5, 0.6) is 5.88 Å². The van der Waals surface area contributed by atoms with Crippen LogP contribution in [-0.2, 0) is 10.0 Å². The normalized spacial score (nSPS) is 11.6. The molecule has 0 unspecified atom stereocenters. The first-order chi connectivity index (χ1) is 8.78. The molecule has 0 amide bonds. The Morgan fingerprint density at radius 3 is 2.68 bits per heavy atom. The first-order valence-corrected chi connectivity index (χ1v) is 7.67. The highest BCUT2D eigenvalue weighted by atomic mass is 32.2. The summed E-state index contributed by atoms with van der Waals surface area (Å²) in [4.78, 5) is 4.21. The Morgan fingerprint density at radius 1 is 1.42 bits per heavy atom. The number of ether oxygens (including phenoxy) is 1. The fourth-order valence-corrected chi connectivity index (χ4v) is 1.90. The molecular formula is C11H20N4O3S. The zero-order chi connectivity index (χ0) is 14.5. The molecule has 0 atom stereocenters. The van der Waals surface area contributed by atoms with Gasteiger partial charge in [-0.3, -0.25) is 0 Å². The van der Waals surface area contributed by atoms with Crippen molar-refractivity contribution in [2.24, 2.45) is 5.14 Å². The van der Waals surface area contributed by atoms with E-state index in [9.17, 15) is 8.42 Å². The van der Waals surface area contributed by atoms with Crippen LogP contribution in [0.2, 0.25) is 0 Å². The maximum Gasteiger partial charge on any atom is 0.239 e. The van der Waals surface area contributed by atoms with Gasteiger partial charge in [0, 0.05) is 6.54 Å². The van der Waals surface area contributed by atoms with Crippen LogP contribution in [0, 0.1) is 0 Å². The minimum Gasteiger partial charge on any atom is -0.473 e. The van der Waals surface area contributed by atoms with Crippen LogP contribution in [0.4, 0.5) is 11.5 Å². The number of rotatable bonds is 7. The largest absolute Gasteiger partial charge is 0.473 e. The van der Waals surface area contributed by atoms with E-state index in [2.05, 4.69) is 10.3 Å². The molecule has 19 heavy (non-hydrogen) atoms. The predicted molar refractivity (Wildman–Crippen MR) is 75.5 cm³/mol. The van der Waals surface area contributed by atoms with Gasteiger partial charge in [0.05, 0.1) is 17.5 Å². The Bertz CT molecular complexity index is 517. The molecule has 1 aromatic rings. The van der Waals surface area contributed by atoms with E-state index in [-0.39, 0.29) is 11.9 Å². The van der Waals surface area contributed by atoms with Crippen LogP contribution in [0.1, 0.15) is 20.3 Å². The second-order valence-corrected chi connectivity index (χ2v) is 6.14. The smallest absolute Gasteiger partial charge is 0.239 e. The minimum absolute atomic E-state index is 0.0209. The van der Waals surface area contributed by atoms with Gasteiger partial charge in [0.25, 0.3) is 0 Å². The molecule has 5 N–H and O–H groups in total. The summed E-state index contributed by atoms with van der Waals surface area (Å²) in [7, 11) is -3.41. The topological polar surface area (TPSA) is 120 Å². The van der Waals surface area contributed by atoms with Crippen LogP contribution < -0.4 is 20.9 Å². The van der Waals surface area contributed by atoms with Crippen molar-refractivity contribution in [3.63, 3.8) is 0 Å². The van der Waals surface area contributed by atoms with Gasteiger partial charge in [-0.25, -0.2) is 13.6 Å². The molecule has 0 radical (unpaired) electrons. The molecule has 0 saturated heterocycles. The molecular weight excluding hydrogens is 268 g/mol. The average Bonchev–Trinajstić information content (AvgIpc) is 2.26. The van der Waals surface area contributed by atoms with Gasteiger partial charge < -0.3 is 15.8 Å². The first kappa shape index (κ1) is 15.5. The van der Waals surface area contributed by atoms with Crippen LogP contribution in [0.25, 0.3) is 0 Å². The van der Waals surface area contributed by atoms with Crippen molar-refractivity contribution >= 4 is 21.5 Å². The van der Waals surface area contributed by atoms with Gasteiger partial charge >= 0.3 is 0 Å². The van der Waals surface area contributed by atoms with E-state index in [0.717, 1.165) is 0 Å². The van der Waals surface area contributed by atoms with Gasteiger partial charge in [0.2, 0.25) is 15.9 Å². The molecule has 0 aliphatic carbocycles. The van der Waals surface area contributed by atoms with Gasteiger partial charge in [-0.15, -0.1) is 0 Å². The maximum absolute atomic E-state index is 10.8. The number of nitrogens with one attached hydrogen (secondary N) is 1. The lowest BCUT2D eigenvalue weighted by Gasteiger charge is -2.12. The number of nitrogens with zero attached hydrogens (tertiary/aromatic N) is 1. The Kier molecular flexibility index (Phi) is 5.37. The third-order valence-electron chi connectivity index (χ3n) is 2.15. The molecule has 0 fully saturated rings. The molecule has 7 nitrogen and oxygen atoms in total. The van der Waals surface area contributed by atoms with E-state index in [4.69, 9.17) is 15.6 Å². The zero-order valence-corrected chi connectivity index (χ0v) is 11.9. The second-order valence-electron chi connectivity index (χ2n) is 4.40. The summed E-state index contributed by atoms with van der Waals surface area (Å²) in [5.74, 6) is 0.885. The van der Waals surface area contributed by atoms with Crippen molar-refractivity contribution in [1.82, 2.24) is 4.98 Å². The summed E-state index contributed by atoms with van der Waals surface area (Å²) in [6.07, 6.45) is 0.387. The number of nitrogens with two attached hydrogens (primary N) is 2. The lowest BCUT2D eigenvalue weighted by Crippen LogP contribution is -2.19. The number of aromatic nitrogens is 1. The summed E-state index contributed by atoms with van der Waals surface area (Å²) >= 11 is 0. The molecule has 1 rings (SSSR count). The number of anilines is 2. The minimum atomic E-state index is -3.41. The highest BCUT2D eigenvalue weighted by Gasteiger charge is 2.07. The van der Waals surface area contributed by atoms with Crippen molar-refractivity contribution in [2.45, 2.75) is 26.4 Å². The Balaban J connectivity index is 2.55. The molecule has 8 heteroatoms. The van der Waals surface area contributed by atoms with Crippen LogP contribution in [0.15, 0.2) is 12.1 Å². The Hall–Kier alpha value is -1.54. The summed E-state index contributed by atoms with van der Waals surface area (Å²) in [5.41, 5.74) is 6.20. The molecule has 0 aliphatic rings. The zero-order valence-electron chi connectivity index (χ0n) is 11.1. The van der Waals surface area contributed by atoms with Crippen LogP contribution >= 0.6 is 0 Å². The number of hydrogen-bond donors (Lipinski definition) is 3. The highest BCUT2D eigenvalue weighted by Crippen LogP contribution is 2.21. The van der Waals surface area contributed by atoms with Gasteiger partial charge in [0.1, 0.15) is 5.82 Å². The molecule has 0 bridgehead atoms. The van der Waals surface area contributed by atoms with Gasteiger partial charge in [0.15, 0.2) is 0 Å². The van der Waals surface area contributed by atoms with Crippen molar-refractivity contribution in [2.75, 3.05) is 23.3 Å². The SMILES string of the molecule is CC(C)Oc1nc(NCCCS(N)(=O)=O)ccc1N. The molecule has 1 heterocycles. The molecule has 1 aromatic heterocycles. The summed E-state index contributed by atoms with van der Waals surface area (Å²) < 4.78 is 27.0. The van der Waals surface area contributed by atoms with E-state index < -0.39 is 10.0 Å². The van der Waals surface area contributed by atoms with E-state index in [0.29, 0.717) is 30.4 Å². The van der Waals surface area contributed by atoms with Crippen LogP contribution in [0.3, 0.4) is 0 Å². The number of nitrogen functional groups attached to an aromatic ring is 1. The predicted octanol–water partition coefficient (Wildman–Crippen LogP) is 0.542. The summed E-state index contributed by atoms with van der Waals surface area (Å²) in [5, 5.41) is 7.90. The van der Waals surface area contributed by atoms with Crippen LogP contribution in [-0.4, -0.2) is 31.8 Å². The standard InChI is InChI=1S/C11H20N4O3S/c1-8(2)18-11-9(12)4-5-10(15-11)14-6-3-7-19(13,16)17/h4-5,8H,3,6-7,12H2,1-2H3,(H,14,15)(H2,13,16,17). The number of pyridine rings is 1. The second kappa shape index (κ2) is 6.58. The van der Waals surface area contributed by atoms with E-state index >= 15 is 0 Å². The highest BCUT2D eigenvalue weighted by molar-refractivity contribution is 7.89. The third-order valence-corrected chi connectivity index (χ3v) is 3.01. The van der Waals surface area contributed by atoms with Crippen molar-refractivity contribution in [1.29, 1.82) is 0 Å². The summed E-state index contributed by atoms with van der Waals surface area (Å²) in [6, 6.07) is 3.40. The molecule has 108 valence electrons. The van der Waals surface area contributed by atoms with Gasteiger partial charge in [-0.1, -0.05) is 0 Å².